The molecule has 88 heavy (non-hydrogen) atoms. The molecule has 0 aliphatic carbocycles. The number of quaternary nitrogens is 6. The first-order valence-corrected chi connectivity index (χ1v) is 39.4. The molecule has 528 valence electrons. The number of nitrogens with zero attached hydrogens (tertiary/aromatic N) is 12. The van der Waals surface area contributed by atoms with Gasteiger partial charge in [0.1, 0.15) is 58.1 Å². The molecule has 0 aromatic carbocycles. The first-order chi connectivity index (χ1) is 41.9. The van der Waals surface area contributed by atoms with Gasteiger partial charge in [-0.25, -0.2) is 24.5 Å². The van der Waals surface area contributed by atoms with Gasteiger partial charge >= 0.3 is 0 Å². The molecule has 0 aromatic rings. The molecule has 12 nitrogen and oxygen atoms in total. The first-order valence-electron chi connectivity index (χ1n) is 39.4. The molecular formula is C76H170N12+6. The second-order valence-electron chi connectivity index (χ2n) is 30.1. The van der Waals surface area contributed by atoms with Gasteiger partial charge in [-0.1, -0.05) is 82.1 Å². The number of rotatable bonds is 30. The van der Waals surface area contributed by atoms with Crippen molar-refractivity contribution in [2.45, 2.75) is 331 Å². The van der Waals surface area contributed by atoms with Gasteiger partial charge in [0.25, 0.3) is 0 Å². The predicted octanol–water partition coefficient (Wildman–Crippen LogP) is 15.4. The maximum Gasteiger partial charge on any atom is 0.135 e. The standard InChI is InChI=1S/2C14H31N2.2C13H29N2.2C11H25N2/c1-6-10-14-11-16(8-3,9-4)12-15(14)13(5)7-2;1-6-10-14-11-15(13(5)7-2)12-16(14,8-3)9-4;1-6-12(5)14-11-15(8-3,9-4)10-13(14)7-2;1-6-12(5)14-10-13(7-2)15(8-3,9-4)11-14;1-5-8-12-10-13(6-2,7-3)9-11(12)4;1-5-8-12-9-11(4)13(6-2,7-3)10-12/h2*13-14H,6-12H2,1-5H3;2*12-13H,6-11H2,1-5H3;2*11H,5-10H2,1-4H3/q6*+1. The molecule has 0 aromatic heterocycles. The Bertz CT molecular complexity index is 1710. The fraction of sp³-hybridized carbons (Fsp3) is 1.00. The Labute approximate surface area is 555 Å². The number of hydrogen-bond acceptors (Lipinski definition) is 6. The van der Waals surface area contributed by atoms with Gasteiger partial charge < -0.3 is 26.9 Å². The molecule has 0 amide bonds. The Morgan fingerprint density at radius 3 is 1.06 bits per heavy atom. The highest BCUT2D eigenvalue weighted by Crippen LogP contribution is 2.32. The van der Waals surface area contributed by atoms with Crippen molar-refractivity contribution in [3.05, 3.63) is 0 Å². The molecule has 6 fully saturated rings. The quantitative estimate of drug-likeness (QED) is 0.0663. The van der Waals surface area contributed by atoms with E-state index in [1.54, 1.807) is 0 Å². The van der Waals surface area contributed by atoms with Crippen LogP contribution >= 0.6 is 0 Å². The van der Waals surface area contributed by atoms with Gasteiger partial charge in [0.15, 0.2) is 0 Å². The van der Waals surface area contributed by atoms with Crippen molar-refractivity contribution < 1.29 is 26.9 Å². The third-order valence-corrected chi connectivity index (χ3v) is 25.9. The van der Waals surface area contributed by atoms with Crippen molar-refractivity contribution in [2.24, 2.45) is 0 Å². The van der Waals surface area contributed by atoms with Crippen LogP contribution in [0.2, 0.25) is 0 Å². The third kappa shape index (κ3) is 23.1. The van der Waals surface area contributed by atoms with E-state index < -0.39 is 0 Å². The summed E-state index contributed by atoms with van der Waals surface area (Å²) < 4.78 is 7.89. The maximum absolute atomic E-state index is 2.77. The molecule has 6 heterocycles. The van der Waals surface area contributed by atoms with Gasteiger partial charge in [0.05, 0.1) is 136 Å². The molecule has 0 N–H and O–H groups in total. The zero-order valence-electron chi connectivity index (χ0n) is 66.0. The van der Waals surface area contributed by atoms with Crippen LogP contribution in [0.5, 0.6) is 0 Å². The van der Waals surface area contributed by atoms with Crippen molar-refractivity contribution in [3.63, 3.8) is 0 Å². The van der Waals surface area contributed by atoms with Crippen molar-refractivity contribution in [1.29, 1.82) is 0 Å². The molecule has 0 radical (unpaired) electrons. The molecule has 10 unspecified atom stereocenters. The van der Waals surface area contributed by atoms with Crippen LogP contribution in [0.15, 0.2) is 0 Å². The zero-order chi connectivity index (χ0) is 67.1. The van der Waals surface area contributed by atoms with Crippen LogP contribution in [0.25, 0.3) is 0 Å². The van der Waals surface area contributed by atoms with Crippen molar-refractivity contribution in [3.8, 4) is 0 Å². The average Bonchev–Trinajstić information content (AvgIpc) is 2.11. The van der Waals surface area contributed by atoms with E-state index in [2.05, 4.69) is 223 Å². The van der Waals surface area contributed by atoms with E-state index >= 15 is 0 Å². The van der Waals surface area contributed by atoms with E-state index in [1.807, 2.05) is 0 Å². The van der Waals surface area contributed by atoms with Crippen molar-refractivity contribution in [1.82, 2.24) is 29.4 Å². The molecule has 6 aliphatic rings. The zero-order valence-corrected chi connectivity index (χ0v) is 66.0. The lowest BCUT2D eigenvalue weighted by atomic mass is 10.1. The summed E-state index contributed by atoms with van der Waals surface area (Å²) in [6.45, 7) is 99.4. The van der Waals surface area contributed by atoms with Gasteiger partial charge in [-0.05, 0) is 182 Å². The van der Waals surface area contributed by atoms with E-state index in [-0.39, 0.29) is 0 Å². The van der Waals surface area contributed by atoms with Gasteiger partial charge in [-0.15, -0.1) is 0 Å². The van der Waals surface area contributed by atoms with Crippen LogP contribution in [0.4, 0.5) is 0 Å². The van der Waals surface area contributed by atoms with Crippen molar-refractivity contribution >= 4 is 0 Å². The summed E-state index contributed by atoms with van der Waals surface area (Å²) in [5.41, 5.74) is 0. The van der Waals surface area contributed by atoms with E-state index in [0.29, 0.717) is 0 Å². The fourth-order valence-electron chi connectivity index (χ4n) is 17.3. The second kappa shape index (κ2) is 42.9. The topological polar surface area (TPSA) is 19.4 Å². The van der Waals surface area contributed by atoms with Crippen LogP contribution in [0.3, 0.4) is 0 Å². The summed E-state index contributed by atoms with van der Waals surface area (Å²) in [6, 6.07) is 8.07. The molecule has 10 atom stereocenters. The second-order valence-corrected chi connectivity index (χ2v) is 30.1. The highest BCUT2D eigenvalue weighted by Gasteiger charge is 2.47. The lowest BCUT2D eigenvalue weighted by Gasteiger charge is -2.38. The van der Waals surface area contributed by atoms with E-state index in [1.165, 1.54) is 275 Å². The summed E-state index contributed by atoms with van der Waals surface area (Å²) >= 11 is 0. The lowest BCUT2D eigenvalue weighted by Crippen LogP contribution is -2.52. The minimum absolute atomic E-state index is 0.757. The normalized spacial score (nSPS) is 27.8. The molecule has 0 saturated carbocycles. The largest absolute Gasteiger partial charge is 0.310 e. The Balaban J connectivity index is 0.000000529. The van der Waals surface area contributed by atoms with E-state index in [0.717, 1.165) is 60.4 Å². The average molecular weight is 1250 g/mol. The Morgan fingerprint density at radius 2 is 0.727 bits per heavy atom. The molecule has 0 spiro atoms. The summed E-state index contributed by atoms with van der Waals surface area (Å²) in [4.78, 5) is 16.2. The SMILES string of the molecule is CCC(C)N1CC(CC)[N+](CC)(CC)C1.CCC(C)N1C[N+](CC)(CC)CC1CC.CCCC1CN(C(C)CC)C[N+]1(CC)CC.CCCC1C[N+](CC)(CC)CN1C(C)CC.CCCN1CC(C)[N+](CC)(CC)C1.CCCN1C[N+](CC)(CC)CC1C. The van der Waals surface area contributed by atoms with Crippen molar-refractivity contribution in [2.75, 3.05) is 171 Å². The summed E-state index contributed by atoms with van der Waals surface area (Å²) in [6.07, 6.45) is 15.8. The predicted molar refractivity (Wildman–Crippen MR) is 391 cm³/mol. The number of hydrogen-bond donors (Lipinski definition) is 0. The van der Waals surface area contributed by atoms with Gasteiger partial charge in [-0.3, -0.25) is 4.90 Å². The fourth-order valence-corrected chi connectivity index (χ4v) is 17.3. The molecule has 0 bridgehead atoms. The Kier molecular flexibility index (Phi) is 41.6. The van der Waals surface area contributed by atoms with Crippen LogP contribution in [0, 0.1) is 0 Å². The van der Waals surface area contributed by atoms with Crippen LogP contribution in [0.1, 0.15) is 271 Å². The molecule has 6 aliphatic heterocycles. The van der Waals surface area contributed by atoms with E-state index in [4.69, 9.17) is 0 Å². The highest BCUT2D eigenvalue weighted by atomic mass is 15.6. The maximum atomic E-state index is 2.77. The van der Waals surface area contributed by atoms with Gasteiger partial charge in [-0.2, -0.15) is 0 Å². The van der Waals surface area contributed by atoms with E-state index in [9.17, 15) is 0 Å². The summed E-state index contributed by atoms with van der Waals surface area (Å²) in [7, 11) is 0. The smallest absolute Gasteiger partial charge is 0.135 e. The molecule has 6 saturated heterocycles. The first kappa shape index (κ1) is 85.5. The number of likely N-dealkylation sites (N-methyl/N-ethyl adjacent to an activating group) is 6. The third-order valence-electron chi connectivity index (χ3n) is 25.9. The lowest BCUT2D eigenvalue weighted by molar-refractivity contribution is -0.939. The molecule has 6 rings (SSSR count). The molecule has 12 heteroatoms. The Morgan fingerprint density at radius 1 is 0.341 bits per heavy atom. The van der Waals surface area contributed by atoms with Gasteiger partial charge in [0.2, 0.25) is 0 Å². The molecular weight excluding hydrogens is 1080 g/mol. The van der Waals surface area contributed by atoms with Crippen LogP contribution in [-0.4, -0.2) is 288 Å². The van der Waals surface area contributed by atoms with Gasteiger partial charge in [0, 0.05) is 43.7 Å². The monoisotopic (exact) mass is 1250 g/mol. The van der Waals surface area contributed by atoms with Crippen LogP contribution < -0.4 is 0 Å². The highest BCUT2D eigenvalue weighted by molar-refractivity contribution is 4.82. The summed E-state index contributed by atoms with van der Waals surface area (Å²) in [5, 5.41) is 0. The summed E-state index contributed by atoms with van der Waals surface area (Å²) in [5.74, 6) is 0. The minimum atomic E-state index is 0.757. The Hall–Kier alpha value is -0.480. The minimum Gasteiger partial charge on any atom is -0.310 e. The van der Waals surface area contributed by atoms with Crippen LogP contribution in [-0.2, 0) is 0 Å².